The van der Waals surface area contributed by atoms with Gasteiger partial charge in [0.2, 0.25) is 0 Å². The number of ether oxygens (including phenoxy) is 2. The summed E-state index contributed by atoms with van der Waals surface area (Å²) in [4.78, 5) is 30.5. The van der Waals surface area contributed by atoms with Crippen molar-refractivity contribution in [1.29, 1.82) is 0 Å². The van der Waals surface area contributed by atoms with Crippen molar-refractivity contribution in [2.75, 3.05) is 6.61 Å². The van der Waals surface area contributed by atoms with Gasteiger partial charge in [0.15, 0.2) is 10.5 Å². The van der Waals surface area contributed by atoms with Gasteiger partial charge in [0.25, 0.3) is 5.56 Å². The van der Waals surface area contributed by atoms with Crippen LogP contribution in [0.25, 0.3) is 6.08 Å². The van der Waals surface area contributed by atoms with E-state index in [0.29, 0.717) is 52.8 Å². The molecule has 0 N–H and O–H groups in total. The molecule has 2 heterocycles. The molecule has 6 nitrogen and oxygen atoms in total. The minimum atomic E-state index is -5.04. The third-order valence-corrected chi connectivity index (χ3v) is 9.25. The molecule has 0 bridgehead atoms. The van der Waals surface area contributed by atoms with E-state index in [1.807, 2.05) is 0 Å². The molecule has 0 radical (unpaired) electrons. The molecule has 1 aliphatic rings. The summed E-state index contributed by atoms with van der Waals surface area (Å²) in [6, 6.07) is 12.4. The van der Waals surface area contributed by atoms with Gasteiger partial charge in [-0.25, -0.2) is 9.79 Å². The minimum absolute atomic E-state index is 0.00732. The number of allylic oxidation sites excluding steroid dienone is 1. The van der Waals surface area contributed by atoms with Gasteiger partial charge in [-0.05, 0) is 76.5 Å². The number of fused-ring (bicyclic) bond motifs is 1. The minimum Gasteiger partial charge on any atom is -0.487 e. The van der Waals surface area contributed by atoms with Crippen molar-refractivity contribution in [3.63, 3.8) is 0 Å². The number of aromatic nitrogens is 1. The highest BCUT2D eigenvalue weighted by Gasteiger charge is 2.45. The third kappa shape index (κ3) is 7.13. The molecule has 1 aliphatic heterocycles. The number of thiazole rings is 1. The van der Waals surface area contributed by atoms with Crippen molar-refractivity contribution in [1.82, 2.24) is 4.57 Å². The highest BCUT2D eigenvalue weighted by atomic mass is 79.9. The van der Waals surface area contributed by atoms with Crippen LogP contribution in [0.2, 0.25) is 20.1 Å². The molecule has 0 unspecified atom stereocenters. The number of alkyl halides is 3. The van der Waals surface area contributed by atoms with Crippen molar-refractivity contribution in [3.05, 3.63) is 127 Å². The van der Waals surface area contributed by atoms with Gasteiger partial charge < -0.3 is 9.47 Å². The molecule has 0 amide bonds. The Labute approximate surface area is 286 Å². The van der Waals surface area contributed by atoms with E-state index in [4.69, 9.17) is 55.9 Å². The van der Waals surface area contributed by atoms with E-state index in [0.717, 1.165) is 4.57 Å². The average molecular weight is 781 g/mol. The fourth-order valence-electron chi connectivity index (χ4n) is 4.57. The number of benzene rings is 3. The monoisotopic (exact) mass is 778 g/mol. The Bertz CT molecular complexity index is 2030. The highest BCUT2D eigenvalue weighted by molar-refractivity contribution is 9.10. The van der Waals surface area contributed by atoms with E-state index in [9.17, 15) is 22.8 Å². The molecular weight excluding hydrogens is 763 g/mol. The zero-order valence-electron chi connectivity index (χ0n) is 22.7. The summed E-state index contributed by atoms with van der Waals surface area (Å²) in [6.07, 6.45) is -3.60. The maximum Gasteiger partial charge on any atom is 0.434 e. The van der Waals surface area contributed by atoms with E-state index >= 15 is 0 Å². The summed E-state index contributed by atoms with van der Waals surface area (Å²) in [5.74, 6) is -0.951. The van der Waals surface area contributed by atoms with Crippen molar-refractivity contribution < 1.29 is 27.4 Å². The number of carbonyl (C=O) groups excluding carboxylic acids is 1. The molecule has 0 saturated carbocycles. The van der Waals surface area contributed by atoms with Crippen LogP contribution in [-0.4, -0.2) is 23.3 Å². The SMILES string of the molecule is CCOC(=O)C1=C(C(F)(F)F)N=c2s/c(=C\c3cc(Cl)cc(Br)c3OCc3ccc(Cl)c(Cl)c3)c(=O)n2[C@@H]1c1ccc(Cl)cc1. The van der Waals surface area contributed by atoms with Crippen LogP contribution < -0.4 is 19.6 Å². The van der Waals surface area contributed by atoms with Crippen LogP contribution in [0.5, 0.6) is 5.75 Å². The van der Waals surface area contributed by atoms with Gasteiger partial charge >= 0.3 is 12.1 Å². The van der Waals surface area contributed by atoms with Gasteiger partial charge in [0, 0.05) is 15.6 Å². The quantitative estimate of drug-likeness (QED) is 0.177. The van der Waals surface area contributed by atoms with Crippen molar-refractivity contribution in [2.45, 2.75) is 25.7 Å². The zero-order valence-corrected chi connectivity index (χ0v) is 28.2. The summed E-state index contributed by atoms with van der Waals surface area (Å²) in [7, 11) is 0. The Morgan fingerprint density at radius 3 is 2.40 bits per heavy atom. The predicted molar refractivity (Wildman–Crippen MR) is 172 cm³/mol. The Hall–Kier alpha value is -2.80. The molecule has 0 saturated heterocycles. The van der Waals surface area contributed by atoms with Crippen LogP contribution in [0.3, 0.4) is 0 Å². The molecule has 3 aromatic carbocycles. The number of rotatable bonds is 7. The second kappa shape index (κ2) is 13.5. The van der Waals surface area contributed by atoms with Gasteiger partial charge in [0.05, 0.1) is 37.3 Å². The second-order valence-electron chi connectivity index (χ2n) is 9.46. The van der Waals surface area contributed by atoms with Crippen LogP contribution in [-0.2, 0) is 16.1 Å². The van der Waals surface area contributed by atoms with Crippen molar-refractivity contribution in [2.24, 2.45) is 4.99 Å². The van der Waals surface area contributed by atoms with E-state index in [-0.39, 0.29) is 28.1 Å². The molecule has 1 aromatic heterocycles. The molecule has 15 heteroatoms. The lowest BCUT2D eigenvalue weighted by atomic mass is 9.95. The van der Waals surface area contributed by atoms with Crippen LogP contribution in [0, 0.1) is 0 Å². The largest absolute Gasteiger partial charge is 0.487 e. The van der Waals surface area contributed by atoms with Crippen LogP contribution in [0.15, 0.2) is 80.1 Å². The Morgan fingerprint density at radius 2 is 1.76 bits per heavy atom. The predicted octanol–water partition coefficient (Wildman–Crippen LogP) is 8.30. The molecule has 0 fully saturated rings. The molecule has 234 valence electrons. The number of hydrogen-bond donors (Lipinski definition) is 0. The molecular formula is C30H18BrCl4F3N2O4S. The molecule has 1 atom stereocenters. The first kappa shape index (κ1) is 33.6. The number of nitrogens with zero attached hydrogens (tertiary/aromatic N) is 2. The van der Waals surface area contributed by atoms with Gasteiger partial charge in [-0.15, -0.1) is 0 Å². The van der Waals surface area contributed by atoms with Gasteiger partial charge in [-0.2, -0.15) is 13.2 Å². The van der Waals surface area contributed by atoms with Crippen LogP contribution in [0.1, 0.15) is 29.7 Å². The van der Waals surface area contributed by atoms with Crippen LogP contribution >= 0.6 is 73.7 Å². The topological polar surface area (TPSA) is 69.9 Å². The fourth-order valence-corrected chi connectivity index (χ4v) is 6.95. The number of hydrogen-bond acceptors (Lipinski definition) is 6. The molecule has 5 rings (SSSR count). The summed E-state index contributed by atoms with van der Waals surface area (Å²) < 4.78 is 55.7. The average Bonchev–Trinajstić information content (AvgIpc) is 3.28. The van der Waals surface area contributed by atoms with Gasteiger partial charge in [-0.1, -0.05) is 75.9 Å². The van der Waals surface area contributed by atoms with Crippen LogP contribution in [0.4, 0.5) is 13.2 Å². The van der Waals surface area contributed by atoms with Crippen molar-refractivity contribution in [3.8, 4) is 5.75 Å². The van der Waals surface area contributed by atoms with Crippen molar-refractivity contribution >= 4 is 85.7 Å². The highest BCUT2D eigenvalue weighted by Crippen LogP contribution is 2.39. The first-order chi connectivity index (χ1) is 21.3. The summed E-state index contributed by atoms with van der Waals surface area (Å²) in [5.41, 5.74) is -1.73. The first-order valence-electron chi connectivity index (χ1n) is 12.9. The Balaban J connectivity index is 1.70. The standard InChI is InChI=1S/C30H18BrCl4F3N2O4S/c1-2-43-28(42)23-24(15-4-6-17(32)7-5-15)40-27(41)22(45-29(40)39-26(23)30(36,37)38)11-16-10-18(33)12-19(31)25(16)44-13-14-3-8-20(34)21(35)9-14/h3-12,24H,2,13H2,1H3/b22-11-/t24-/m1/s1. The molecule has 0 aliphatic carbocycles. The fraction of sp³-hybridized carbons (Fsp3) is 0.167. The normalized spacial score (nSPS) is 15.1. The lowest BCUT2D eigenvalue weighted by molar-refractivity contribution is -0.140. The van der Waals surface area contributed by atoms with E-state index in [2.05, 4.69) is 20.9 Å². The van der Waals surface area contributed by atoms with E-state index in [1.54, 1.807) is 24.3 Å². The van der Waals surface area contributed by atoms with Gasteiger partial charge in [0.1, 0.15) is 12.4 Å². The number of halogens is 8. The number of carbonyl (C=O) groups is 1. The maximum atomic E-state index is 14.4. The summed E-state index contributed by atoms with van der Waals surface area (Å²) in [5, 5.41) is 1.32. The zero-order chi connectivity index (χ0) is 32.6. The summed E-state index contributed by atoms with van der Waals surface area (Å²) >= 11 is 28.6. The van der Waals surface area contributed by atoms with E-state index < -0.39 is 35.0 Å². The smallest absolute Gasteiger partial charge is 0.434 e. The lowest BCUT2D eigenvalue weighted by Crippen LogP contribution is -2.41. The molecule has 4 aromatic rings. The lowest BCUT2D eigenvalue weighted by Gasteiger charge is -2.26. The summed E-state index contributed by atoms with van der Waals surface area (Å²) in [6.45, 7) is 1.33. The Kier molecular flexibility index (Phi) is 10.1. The second-order valence-corrected chi connectivity index (χ2v) is 13.0. The molecule has 45 heavy (non-hydrogen) atoms. The first-order valence-corrected chi connectivity index (χ1v) is 16.0. The Morgan fingerprint density at radius 1 is 1.04 bits per heavy atom. The molecule has 0 spiro atoms. The maximum absolute atomic E-state index is 14.4. The number of esters is 1. The van der Waals surface area contributed by atoms with E-state index in [1.165, 1.54) is 43.3 Å². The van der Waals surface area contributed by atoms with Gasteiger partial charge in [-0.3, -0.25) is 9.36 Å². The third-order valence-electron chi connectivity index (χ3n) is 6.47.